The standard InChI is InChI=1S/C15H11BrN2O/c16-13-5-7-14(8-6-13)18-15(19)9-11-1-3-12(10-17)4-2-11/h1-8H,9H2,(H,18,19). The maximum absolute atomic E-state index is 11.8. The van der Waals surface area contributed by atoms with E-state index in [2.05, 4.69) is 21.2 Å². The number of carbonyl (C=O) groups excluding carboxylic acids is 1. The highest BCUT2D eigenvalue weighted by Crippen LogP contribution is 2.14. The zero-order valence-corrected chi connectivity index (χ0v) is 11.6. The van der Waals surface area contributed by atoms with Crippen molar-refractivity contribution in [1.29, 1.82) is 5.26 Å². The predicted molar refractivity (Wildman–Crippen MR) is 77.6 cm³/mol. The smallest absolute Gasteiger partial charge is 0.228 e. The number of nitrogens with zero attached hydrogens (tertiary/aromatic N) is 1. The monoisotopic (exact) mass is 314 g/mol. The van der Waals surface area contributed by atoms with Gasteiger partial charge in [-0.3, -0.25) is 4.79 Å². The van der Waals surface area contributed by atoms with Crippen molar-refractivity contribution in [2.24, 2.45) is 0 Å². The summed E-state index contributed by atoms with van der Waals surface area (Å²) in [6, 6.07) is 16.5. The molecule has 0 aliphatic rings. The van der Waals surface area contributed by atoms with E-state index in [0.29, 0.717) is 12.0 Å². The molecule has 0 heterocycles. The number of nitrogens with one attached hydrogen (secondary N) is 1. The molecule has 0 aromatic heterocycles. The molecule has 0 unspecified atom stereocenters. The summed E-state index contributed by atoms with van der Waals surface area (Å²) in [4.78, 5) is 11.8. The fourth-order valence-electron chi connectivity index (χ4n) is 1.62. The quantitative estimate of drug-likeness (QED) is 0.942. The number of nitriles is 1. The van der Waals surface area contributed by atoms with Gasteiger partial charge in [0.25, 0.3) is 0 Å². The fraction of sp³-hybridized carbons (Fsp3) is 0.0667. The number of hydrogen-bond acceptors (Lipinski definition) is 2. The second kappa shape index (κ2) is 6.17. The first kappa shape index (κ1) is 13.3. The number of anilines is 1. The van der Waals surface area contributed by atoms with E-state index < -0.39 is 0 Å². The molecule has 0 spiro atoms. The number of amides is 1. The van der Waals surface area contributed by atoms with E-state index in [0.717, 1.165) is 15.7 Å². The summed E-state index contributed by atoms with van der Waals surface area (Å²) in [7, 11) is 0. The summed E-state index contributed by atoms with van der Waals surface area (Å²) in [6.45, 7) is 0. The third-order valence-electron chi connectivity index (χ3n) is 2.58. The first-order valence-corrected chi connectivity index (χ1v) is 6.51. The third kappa shape index (κ3) is 3.94. The molecule has 4 heteroatoms. The fourth-order valence-corrected chi connectivity index (χ4v) is 1.89. The summed E-state index contributed by atoms with van der Waals surface area (Å²) in [5.41, 5.74) is 2.24. The van der Waals surface area contributed by atoms with Crippen LogP contribution in [-0.2, 0) is 11.2 Å². The van der Waals surface area contributed by atoms with E-state index in [9.17, 15) is 4.79 Å². The Bertz CT molecular complexity index is 612. The Hall–Kier alpha value is -2.12. The van der Waals surface area contributed by atoms with Crippen LogP contribution in [0.25, 0.3) is 0 Å². The number of hydrogen-bond donors (Lipinski definition) is 1. The SMILES string of the molecule is N#Cc1ccc(CC(=O)Nc2ccc(Br)cc2)cc1. The molecule has 1 N–H and O–H groups in total. The topological polar surface area (TPSA) is 52.9 Å². The summed E-state index contributed by atoms with van der Waals surface area (Å²) in [6.07, 6.45) is 0.293. The molecule has 0 radical (unpaired) electrons. The molecule has 2 aromatic carbocycles. The Labute approximate surface area is 120 Å². The molecule has 2 rings (SSSR count). The van der Waals surface area contributed by atoms with Crippen LogP contribution in [0.15, 0.2) is 53.0 Å². The maximum atomic E-state index is 11.8. The van der Waals surface area contributed by atoms with Gasteiger partial charge in [-0.25, -0.2) is 0 Å². The zero-order chi connectivity index (χ0) is 13.7. The molecule has 0 fully saturated rings. The van der Waals surface area contributed by atoms with Crippen molar-refractivity contribution < 1.29 is 4.79 Å². The third-order valence-corrected chi connectivity index (χ3v) is 3.10. The lowest BCUT2D eigenvalue weighted by molar-refractivity contribution is -0.115. The summed E-state index contributed by atoms with van der Waals surface area (Å²) in [5.74, 6) is -0.0768. The van der Waals surface area contributed by atoms with Gasteiger partial charge in [0.2, 0.25) is 5.91 Å². The molecule has 2 aromatic rings. The Morgan fingerprint density at radius 1 is 1.11 bits per heavy atom. The van der Waals surface area contributed by atoms with Crippen LogP contribution >= 0.6 is 15.9 Å². The lowest BCUT2D eigenvalue weighted by atomic mass is 10.1. The van der Waals surface area contributed by atoms with Gasteiger partial charge in [-0.1, -0.05) is 28.1 Å². The Kier molecular flexibility index (Phi) is 4.32. The Morgan fingerprint density at radius 3 is 2.32 bits per heavy atom. The molecule has 0 aliphatic heterocycles. The van der Waals surface area contributed by atoms with Gasteiger partial charge in [-0.2, -0.15) is 5.26 Å². The van der Waals surface area contributed by atoms with Crippen LogP contribution in [0.4, 0.5) is 5.69 Å². The molecule has 0 aliphatic carbocycles. The molecular formula is C15H11BrN2O. The highest BCUT2D eigenvalue weighted by Gasteiger charge is 2.04. The lowest BCUT2D eigenvalue weighted by Crippen LogP contribution is -2.14. The summed E-state index contributed by atoms with van der Waals surface area (Å²) in [5, 5.41) is 11.5. The number of benzene rings is 2. The molecule has 0 atom stereocenters. The number of carbonyl (C=O) groups is 1. The molecule has 0 saturated carbocycles. The summed E-state index contributed by atoms with van der Waals surface area (Å²) < 4.78 is 0.970. The lowest BCUT2D eigenvalue weighted by Gasteiger charge is -2.05. The zero-order valence-electron chi connectivity index (χ0n) is 10.1. The van der Waals surface area contributed by atoms with E-state index in [1.165, 1.54) is 0 Å². The maximum Gasteiger partial charge on any atom is 0.228 e. The van der Waals surface area contributed by atoms with Crippen LogP contribution in [0, 0.1) is 11.3 Å². The first-order chi connectivity index (χ1) is 9.17. The van der Waals surface area contributed by atoms with Crippen molar-refractivity contribution in [3.63, 3.8) is 0 Å². The van der Waals surface area contributed by atoms with Gasteiger partial charge >= 0.3 is 0 Å². The van der Waals surface area contributed by atoms with Crippen molar-refractivity contribution >= 4 is 27.5 Å². The molecular weight excluding hydrogens is 304 g/mol. The molecule has 0 bridgehead atoms. The van der Waals surface area contributed by atoms with Crippen LogP contribution in [0.3, 0.4) is 0 Å². The molecule has 3 nitrogen and oxygen atoms in total. The van der Waals surface area contributed by atoms with Gasteiger partial charge in [-0.05, 0) is 42.0 Å². The second-order valence-electron chi connectivity index (χ2n) is 4.04. The van der Waals surface area contributed by atoms with Gasteiger partial charge in [0, 0.05) is 10.2 Å². The van der Waals surface area contributed by atoms with Gasteiger partial charge in [0.15, 0.2) is 0 Å². The minimum Gasteiger partial charge on any atom is -0.326 e. The molecule has 19 heavy (non-hydrogen) atoms. The molecule has 0 saturated heterocycles. The average Bonchev–Trinajstić information content (AvgIpc) is 2.42. The van der Waals surface area contributed by atoms with Gasteiger partial charge in [0.05, 0.1) is 18.1 Å². The molecule has 94 valence electrons. The van der Waals surface area contributed by atoms with Crippen LogP contribution < -0.4 is 5.32 Å². The molecule has 1 amide bonds. The Morgan fingerprint density at radius 2 is 1.74 bits per heavy atom. The minimum absolute atomic E-state index is 0.0768. The normalized spacial score (nSPS) is 9.68. The number of rotatable bonds is 3. The van der Waals surface area contributed by atoms with Crippen LogP contribution in [0.2, 0.25) is 0 Å². The van der Waals surface area contributed by atoms with Crippen LogP contribution in [0.1, 0.15) is 11.1 Å². The first-order valence-electron chi connectivity index (χ1n) is 5.72. The largest absolute Gasteiger partial charge is 0.326 e. The van der Waals surface area contributed by atoms with Gasteiger partial charge in [-0.15, -0.1) is 0 Å². The minimum atomic E-state index is -0.0768. The second-order valence-corrected chi connectivity index (χ2v) is 4.96. The van der Waals surface area contributed by atoms with Gasteiger partial charge < -0.3 is 5.32 Å². The average molecular weight is 315 g/mol. The number of halogens is 1. The van der Waals surface area contributed by atoms with Crippen molar-refractivity contribution in [3.8, 4) is 6.07 Å². The van der Waals surface area contributed by atoms with E-state index in [4.69, 9.17) is 5.26 Å². The van der Waals surface area contributed by atoms with Crippen molar-refractivity contribution in [1.82, 2.24) is 0 Å². The van der Waals surface area contributed by atoms with Crippen LogP contribution in [-0.4, -0.2) is 5.91 Å². The van der Waals surface area contributed by atoms with Crippen LogP contribution in [0.5, 0.6) is 0 Å². The van der Waals surface area contributed by atoms with E-state index >= 15 is 0 Å². The van der Waals surface area contributed by atoms with Gasteiger partial charge in [0.1, 0.15) is 0 Å². The van der Waals surface area contributed by atoms with E-state index in [1.54, 1.807) is 24.3 Å². The van der Waals surface area contributed by atoms with Crippen molar-refractivity contribution in [2.45, 2.75) is 6.42 Å². The predicted octanol–water partition coefficient (Wildman–Crippen LogP) is 3.50. The van der Waals surface area contributed by atoms with Crippen molar-refractivity contribution in [2.75, 3.05) is 5.32 Å². The summed E-state index contributed by atoms with van der Waals surface area (Å²) >= 11 is 3.34. The van der Waals surface area contributed by atoms with E-state index in [-0.39, 0.29) is 5.91 Å². The van der Waals surface area contributed by atoms with E-state index in [1.807, 2.05) is 30.3 Å². The van der Waals surface area contributed by atoms with Crippen molar-refractivity contribution in [3.05, 3.63) is 64.1 Å². The highest BCUT2D eigenvalue weighted by atomic mass is 79.9. The highest BCUT2D eigenvalue weighted by molar-refractivity contribution is 9.10. The Balaban J connectivity index is 1.97.